The Bertz CT molecular complexity index is 580. The highest BCUT2D eigenvalue weighted by atomic mass is 32.2. The summed E-state index contributed by atoms with van der Waals surface area (Å²) in [4.78, 5) is 6.22. The molecule has 1 saturated carbocycles. The summed E-state index contributed by atoms with van der Waals surface area (Å²) in [6, 6.07) is 9.77. The number of hydrogen-bond donors (Lipinski definition) is 1. The van der Waals surface area contributed by atoms with Gasteiger partial charge in [0.2, 0.25) is 0 Å². The van der Waals surface area contributed by atoms with Gasteiger partial charge in [0.1, 0.15) is 0 Å². The first-order valence-corrected chi connectivity index (χ1v) is 9.07. The van der Waals surface area contributed by atoms with E-state index in [1.54, 1.807) is 0 Å². The van der Waals surface area contributed by atoms with Gasteiger partial charge in [0.05, 0.1) is 11.5 Å². The third kappa shape index (κ3) is 5.38. The Labute approximate surface area is 126 Å². The lowest BCUT2D eigenvalue weighted by Crippen LogP contribution is -2.35. The van der Waals surface area contributed by atoms with Crippen molar-refractivity contribution in [3.63, 3.8) is 0 Å². The molecule has 1 aromatic carbocycles. The maximum atomic E-state index is 12.0. The van der Waals surface area contributed by atoms with Gasteiger partial charge in [0.25, 0.3) is 0 Å². The van der Waals surface area contributed by atoms with Crippen LogP contribution in [0.3, 0.4) is 0 Å². The van der Waals surface area contributed by atoms with Gasteiger partial charge in [-0.05, 0) is 24.8 Å². The molecule has 6 heteroatoms. The Kier molecular flexibility index (Phi) is 5.22. The average molecular weight is 309 g/mol. The molecule has 116 valence electrons. The fraction of sp³-hybridized carbons (Fsp3) is 0.533. The van der Waals surface area contributed by atoms with E-state index in [0.717, 1.165) is 18.4 Å². The van der Waals surface area contributed by atoms with Crippen molar-refractivity contribution in [2.24, 2.45) is 10.7 Å². The highest BCUT2D eigenvalue weighted by molar-refractivity contribution is 7.90. The highest BCUT2D eigenvalue weighted by Gasteiger charge is 2.27. The van der Waals surface area contributed by atoms with Crippen LogP contribution in [-0.4, -0.2) is 44.7 Å². The first-order chi connectivity index (χ1) is 9.98. The van der Waals surface area contributed by atoms with Gasteiger partial charge in [0.15, 0.2) is 15.8 Å². The second-order valence-electron chi connectivity index (χ2n) is 5.51. The molecule has 1 fully saturated rings. The predicted octanol–water partition coefficient (Wildman–Crippen LogP) is 1.40. The van der Waals surface area contributed by atoms with Crippen LogP contribution in [0.25, 0.3) is 0 Å². The number of guanidine groups is 1. The third-order valence-electron chi connectivity index (χ3n) is 3.57. The fourth-order valence-corrected chi connectivity index (χ4v) is 3.55. The van der Waals surface area contributed by atoms with Crippen molar-refractivity contribution in [2.75, 3.05) is 19.3 Å². The molecule has 2 N–H and O–H groups in total. The summed E-state index contributed by atoms with van der Waals surface area (Å²) in [5, 5.41) is 0. The van der Waals surface area contributed by atoms with E-state index >= 15 is 0 Å². The first-order valence-electron chi connectivity index (χ1n) is 7.25. The van der Waals surface area contributed by atoms with Crippen LogP contribution in [0.5, 0.6) is 0 Å². The van der Waals surface area contributed by atoms with Crippen LogP contribution in [0.1, 0.15) is 24.8 Å². The van der Waals surface area contributed by atoms with E-state index in [1.165, 1.54) is 0 Å². The molecule has 0 aromatic heterocycles. The van der Waals surface area contributed by atoms with Crippen molar-refractivity contribution in [1.82, 2.24) is 4.90 Å². The molecular weight excluding hydrogens is 286 g/mol. The minimum Gasteiger partial charge on any atom is -0.370 e. The molecule has 0 atom stereocenters. The first kappa shape index (κ1) is 15.8. The minimum atomic E-state index is -3.08. The van der Waals surface area contributed by atoms with Gasteiger partial charge in [-0.2, -0.15) is 0 Å². The number of aliphatic imine (C=N–C) groups is 1. The predicted molar refractivity (Wildman–Crippen MR) is 85.8 cm³/mol. The van der Waals surface area contributed by atoms with Crippen molar-refractivity contribution < 1.29 is 8.42 Å². The summed E-state index contributed by atoms with van der Waals surface area (Å²) in [7, 11) is -1.15. The zero-order valence-electron chi connectivity index (χ0n) is 12.4. The molecule has 0 heterocycles. The van der Waals surface area contributed by atoms with E-state index in [2.05, 4.69) is 4.99 Å². The number of benzene rings is 1. The normalized spacial score (nSPS) is 16.0. The second-order valence-corrected chi connectivity index (χ2v) is 7.70. The molecule has 0 bridgehead atoms. The smallest absolute Gasteiger partial charge is 0.191 e. The van der Waals surface area contributed by atoms with Crippen molar-refractivity contribution in [3.05, 3.63) is 35.9 Å². The standard InChI is InChI=1S/C15H23N3O2S/c1-18(14-8-9-14)15(16)17-10-5-11-21(19,20)12-13-6-3-2-4-7-13/h2-4,6-7,14H,5,8-12H2,1H3,(H2,16,17). The molecule has 0 amide bonds. The van der Waals surface area contributed by atoms with Crippen molar-refractivity contribution in [3.8, 4) is 0 Å². The van der Waals surface area contributed by atoms with E-state index in [0.29, 0.717) is 25.0 Å². The maximum Gasteiger partial charge on any atom is 0.191 e. The van der Waals surface area contributed by atoms with Crippen molar-refractivity contribution in [2.45, 2.75) is 31.1 Å². The van der Waals surface area contributed by atoms with Crippen molar-refractivity contribution >= 4 is 15.8 Å². The Morgan fingerprint density at radius 3 is 2.62 bits per heavy atom. The van der Waals surface area contributed by atoms with Gasteiger partial charge in [-0.25, -0.2) is 8.42 Å². The van der Waals surface area contributed by atoms with E-state index in [4.69, 9.17) is 5.73 Å². The molecule has 1 aliphatic carbocycles. The van der Waals surface area contributed by atoms with Crippen LogP contribution in [-0.2, 0) is 15.6 Å². The lowest BCUT2D eigenvalue weighted by molar-refractivity contribution is 0.487. The number of sulfone groups is 1. The van der Waals surface area contributed by atoms with Gasteiger partial charge in [-0.1, -0.05) is 30.3 Å². The third-order valence-corrected chi connectivity index (χ3v) is 5.26. The lowest BCUT2D eigenvalue weighted by atomic mass is 10.2. The minimum absolute atomic E-state index is 0.0923. The maximum absolute atomic E-state index is 12.0. The van der Waals surface area contributed by atoms with Crippen LogP contribution in [0.15, 0.2) is 35.3 Å². The van der Waals surface area contributed by atoms with E-state index < -0.39 is 9.84 Å². The summed E-state index contributed by atoms with van der Waals surface area (Å²) in [5.41, 5.74) is 6.69. The van der Waals surface area contributed by atoms with Crippen LogP contribution in [0, 0.1) is 0 Å². The molecule has 0 unspecified atom stereocenters. The van der Waals surface area contributed by atoms with Crippen LogP contribution in [0.4, 0.5) is 0 Å². The SMILES string of the molecule is CN(C(N)=NCCCS(=O)(=O)Cc1ccccc1)C1CC1. The number of hydrogen-bond acceptors (Lipinski definition) is 3. The highest BCUT2D eigenvalue weighted by Crippen LogP contribution is 2.24. The summed E-state index contributed by atoms with van der Waals surface area (Å²) in [6.45, 7) is 0.455. The number of nitrogens with two attached hydrogens (primary N) is 1. The van der Waals surface area contributed by atoms with E-state index in [1.807, 2.05) is 42.3 Å². The van der Waals surface area contributed by atoms with Crippen molar-refractivity contribution in [1.29, 1.82) is 0 Å². The Balaban J connectivity index is 1.75. The molecule has 21 heavy (non-hydrogen) atoms. The summed E-state index contributed by atoms with van der Waals surface area (Å²) in [6.07, 6.45) is 2.84. The van der Waals surface area contributed by atoms with E-state index in [-0.39, 0.29) is 11.5 Å². The lowest BCUT2D eigenvalue weighted by Gasteiger charge is -2.16. The van der Waals surface area contributed by atoms with Gasteiger partial charge < -0.3 is 10.6 Å². The van der Waals surface area contributed by atoms with Crippen LogP contribution in [0.2, 0.25) is 0 Å². The molecule has 5 nitrogen and oxygen atoms in total. The number of nitrogens with zero attached hydrogens (tertiary/aromatic N) is 2. The van der Waals surface area contributed by atoms with E-state index in [9.17, 15) is 8.42 Å². The quantitative estimate of drug-likeness (QED) is 0.469. The molecule has 1 aliphatic rings. The molecule has 2 rings (SSSR count). The largest absolute Gasteiger partial charge is 0.370 e. The summed E-state index contributed by atoms with van der Waals surface area (Å²) >= 11 is 0. The van der Waals surface area contributed by atoms with Gasteiger partial charge in [-0.15, -0.1) is 0 Å². The fourth-order valence-electron chi connectivity index (χ4n) is 2.14. The Hall–Kier alpha value is -1.56. The number of rotatable bonds is 7. The zero-order valence-corrected chi connectivity index (χ0v) is 13.2. The second kappa shape index (κ2) is 6.93. The Morgan fingerprint density at radius 2 is 2.00 bits per heavy atom. The van der Waals surface area contributed by atoms with Crippen LogP contribution >= 0.6 is 0 Å². The topological polar surface area (TPSA) is 75.8 Å². The molecule has 0 spiro atoms. The monoisotopic (exact) mass is 309 g/mol. The summed E-state index contributed by atoms with van der Waals surface area (Å²) in [5.74, 6) is 0.749. The van der Waals surface area contributed by atoms with Crippen LogP contribution < -0.4 is 5.73 Å². The molecule has 1 aromatic rings. The molecule has 0 radical (unpaired) electrons. The van der Waals surface area contributed by atoms with Gasteiger partial charge >= 0.3 is 0 Å². The summed E-state index contributed by atoms with van der Waals surface area (Å²) < 4.78 is 24.0. The van der Waals surface area contributed by atoms with Gasteiger partial charge in [0, 0.05) is 19.6 Å². The zero-order chi connectivity index (χ0) is 15.3. The Morgan fingerprint density at radius 1 is 1.33 bits per heavy atom. The molecule has 0 aliphatic heterocycles. The average Bonchev–Trinajstić information content (AvgIpc) is 3.27. The molecular formula is C15H23N3O2S. The molecule has 0 saturated heterocycles. The van der Waals surface area contributed by atoms with Gasteiger partial charge in [-0.3, -0.25) is 4.99 Å².